The minimum Gasteiger partial charge on any atom is -0.295 e. The van der Waals surface area contributed by atoms with Crippen molar-refractivity contribution in [3.8, 4) is 0 Å². The second-order valence-corrected chi connectivity index (χ2v) is 5.50. The van der Waals surface area contributed by atoms with E-state index >= 15 is 0 Å². The van der Waals surface area contributed by atoms with Crippen LogP contribution in [0.1, 0.15) is 16.1 Å². The molecular weight excluding hydrogens is 378 g/mol. The van der Waals surface area contributed by atoms with Crippen LogP contribution in [0.2, 0.25) is 15.1 Å². The van der Waals surface area contributed by atoms with E-state index in [0.29, 0.717) is 11.1 Å². The maximum absolute atomic E-state index is 12.4. The Morgan fingerprint density at radius 3 is 2.17 bits per heavy atom. The van der Waals surface area contributed by atoms with Crippen LogP contribution in [-0.4, -0.2) is 10.9 Å². The number of halogens is 6. The number of aromatic nitrogens is 1. The number of hydrogen-bond acceptors (Lipinski definition) is 3. The Hall–Kier alpha value is -1.70. The molecule has 2 N–H and O–H groups in total. The van der Waals surface area contributed by atoms with Crippen molar-refractivity contribution >= 4 is 46.4 Å². The first kappa shape index (κ1) is 17.7. The fraction of sp³-hybridized carbons (Fsp3) is 0.0769. The van der Waals surface area contributed by atoms with Crippen molar-refractivity contribution in [2.45, 2.75) is 6.18 Å². The lowest BCUT2D eigenvalue weighted by atomic mass is 10.2. The highest BCUT2D eigenvalue weighted by molar-refractivity contribution is 6.41. The number of carbonyl (C=O) groups excluding carboxylic acids is 1. The fourth-order valence-electron chi connectivity index (χ4n) is 1.55. The van der Waals surface area contributed by atoms with Crippen LogP contribution in [0.25, 0.3) is 0 Å². The van der Waals surface area contributed by atoms with Crippen molar-refractivity contribution in [3.05, 3.63) is 56.8 Å². The molecule has 0 fully saturated rings. The summed E-state index contributed by atoms with van der Waals surface area (Å²) in [6.07, 6.45) is -3.76. The van der Waals surface area contributed by atoms with E-state index in [0.717, 1.165) is 12.3 Å². The number of benzene rings is 1. The summed E-state index contributed by atoms with van der Waals surface area (Å²) < 4.78 is 37.2. The van der Waals surface area contributed by atoms with Crippen molar-refractivity contribution in [2.24, 2.45) is 0 Å². The number of nitrogens with zero attached hydrogens (tertiary/aromatic N) is 1. The maximum Gasteiger partial charge on any atom is 0.433 e. The molecule has 1 aromatic heterocycles. The largest absolute Gasteiger partial charge is 0.433 e. The highest BCUT2D eigenvalue weighted by Crippen LogP contribution is 2.33. The highest BCUT2D eigenvalue weighted by Gasteiger charge is 2.32. The predicted molar refractivity (Wildman–Crippen MR) is 81.8 cm³/mol. The normalized spacial score (nSPS) is 11.2. The molecule has 2 rings (SSSR count). The predicted octanol–water partition coefficient (Wildman–Crippen LogP) is 4.82. The quantitative estimate of drug-likeness (QED) is 0.746. The van der Waals surface area contributed by atoms with Gasteiger partial charge in [0.2, 0.25) is 0 Å². The van der Waals surface area contributed by atoms with Crippen LogP contribution in [-0.2, 0) is 6.18 Å². The molecule has 0 aliphatic heterocycles. The number of alkyl halides is 3. The first-order valence-electron chi connectivity index (χ1n) is 5.92. The van der Waals surface area contributed by atoms with Gasteiger partial charge in [-0.05, 0) is 24.3 Å². The molecule has 122 valence electrons. The van der Waals surface area contributed by atoms with Gasteiger partial charge in [-0.15, -0.1) is 0 Å². The lowest BCUT2D eigenvalue weighted by Crippen LogP contribution is -2.29. The van der Waals surface area contributed by atoms with Gasteiger partial charge in [0, 0.05) is 11.2 Å². The van der Waals surface area contributed by atoms with E-state index in [9.17, 15) is 18.0 Å². The van der Waals surface area contributed by atoms with E-state index in [4.69, 9.17) is 34.8 Å². The summed E-state index contributed by atoms with van der Waals surface area (Å²) in [4.78, 5) is 15.1. The third-order valence-electron chi connectivity index (χ3n) is 2.62. The second-order valence-electron chi connectivity index (χ2n) is 4.25. The zero-order valence-corrected chi connectivity index (χ0v) is 13.3. The van der Waals surface area contributed by atoms with E-state index in [1.165, 1.54) is 12.1 Å². The molecule has 0 spiro atoms. The van der Waals surface area contributed by atoms with Gasteiger partial charge in [-0.1, -0.05) is 34.8 Å². The second kappa shape index (κ2) is 6.82. The van der Waals surface area contributed by atoms with Gasteiger partial charge in [-0.25, -0.2) is 0 Å². The number of amides is 1. The summed E-state index contributed by atoms with van der Waals surface area (Å²) in [6.45, 7) is 0. The van der Waals surface area contributed by atoms with Gasteiger partial charge in [-0.2, -0.15) is 13.2 Å². The average molecular weight is 385 g/mol. The molecule has 2 aromatic rings. The SMILES string of the molecule is O=C(NNc1c(Cl)cc(Cl)cc1Cl)c1ccc(C(F)(F)F)nc1. The average Bonchev–Trinajstić information content (AvgIpc) is 2.45. The van der Waals surface area contributed by atoms with Gasteiger partial charge >= 0.3 is 6.18 Å². The summed E-state index contributed by atoms with van der Waals surface area (Å²) in [5, 5.41) is 0.630. The zero-order valence-electron chi connectivity index (χ0n) is 11.0. The summed E-state index contributed by atoms with van der Waals surface area (Å²) in [7, 11) is 0. The molecule has 10 heteroatoms. The van der Waals surface area contributed by atoms with Crippen molar-refractivity contribution in [3.63, 3.8) is 0 Å². The fourth-order valence-corrected chi connectivity index (χ4v) is 2.46. The van der Waals surface area contributed by atoms with Gasteiger partial charge in [0.15, 0.2) is 0 Å². The molecule has 1 amide bonds. The number of hydrogen-bond donors (Lipinski definition) is 2. The molecule has 0 unspecified atom stereocenters. The Bertz CT molecular complexity index is 712. The van der Waals surface area contributed by atoms with E-state index in [2.05, 4.69) is 15.8 Å². The summed E-state index contributed by atoms with van der Waals surface area (Å²) in [6, 6.07) is 4.52. The molecule has 4 nitrogen and oxygen atoms in total. The minimum absolute atomic E-state index is 0.0771. The van der Waals surface area contributed by atoms with Crippen LogP contribution >= 0.6 is 34.8 Å². The van der Waals surface area contributed by atoms with Crippen LogP contribution < -0.4 is 10.9 Å². The van der Waals surface area contributed by atoms with Crippen LogP contribution in [0.15, 0.2) is 30.5 Å². The topological polar surface area (TPSA) is 54.0 Å². The lowest BCUT2D eigenvalue weighted by molar-refractivity contribution is -0.141. The van der Waals surface area contributed by atoms with Crippen molar-refractivity contribution in [2.75, 3.05) is 5.43 Å². The highest BCUT2D eigenvalue weighted by atomic mass is 35.5. The number of anilines is 1. The van der Waals surface area contributed by atoms with Gasteiger partial charge in [0.1, 0.15) is 5.69 Å². The van der Waals surface area contributed by atoms with Gasteiger partial charge in [0.05, 0.1) is 21.3 Å². The number of nitrogens with one attached hydrogen (secondary N) is 2. The molecule has 1 heterocycles. The number of pyridine rings is 1. The Kier molecular flexibility index (Phi) is 5.23. The van der Waals surface area contributed by atoms with Crippen LogP contribution in [0.3, 0.4) is 0 Å². The lowest BCUT2D eigenvalue weighted by Gasteiger charge is -2.12. The van der Waals surface area contributed by atoms with Gasteiger partial charge in [-0.3, -0.25) is 20.6 Å². The Balaban J connectivity index is 2.09. The van der Waals surface area contributed by atoms with Gasteiger partial charge < -0.3 is 0 Å². The maximum atomic E-state index is 12.4. The van der Waals surface area contributed by atoms with Crippen LogP contribution in [0.4, 0.5) is 18.9 Å². The number of hydrazine groups is 1. The monoisotopic (exact) mass is 383 g/mol. The molecule has 0 bridgehead atoms. The third kappa shape index (κ3) is 4.40. The Morgan fingerprint density at radius 2 is 1.70 bits per heavy atom. The molecule has 0 saturated heterocycles. The van der Waals surface area contributed by atoms with E-state index < -0.39 is 17.8 Å². The first-order chi connectivity index (χ1) is 10.7. The smallest absolute Gasteiger partial charge is 0.295 e. The number of rotatable bonds is 3. The first-order valence-corrected chi connectivity index (χ1v) is 7.06. The molecular formula is C13H7Cl3F3N3O. The molecule has 1 aromatic carbocycles. The summed E-state index contributed by atoms with van der Waals surface area (Å²) >= 11 is 17.6. The molecule has 0 atom stereocenters. The van der Waals surface area contributed by atoms with Crippen LogP contribution in [0, 0.1) is 0 Å². The molecule has 0 aliphatic rings. The molecule has 0 radical (unpaired) electrons. The van der Waals surface area contributed by atoms with E-state index in [1.54, 1.807) is 0 Å². The van der Waals surface area contributed by atoms with Crippen LogP contribution in [0.5, 0.6) is 0 Å². The summed E-state index contributed by atoms with van der Waals surface area (Å²) in [5.74, 6) is -0.715. The van der Waals surface area contributed by atoms with E-state index in [-0.39, 0.29) is 21.3 Å². The standard InChI is InChI=1S/C13H7Cl3F3N3O/c14-7-3-8(15)11(9(16)4-7)21-22-12(23)6-1-2-10(20-5-6)13(17,18)19/h1-5,21H,(H,22,23). The molecule has 0 aliphatic carbocycles. The van der Waals surface area contributed by atoms with Crippen molar-refractivity contribution in [1.29, 1.82) is 0 Å². The van der Waals surface area contributed by atoms with Crippen molar-refractivity contribution in [1.82, 2.24) is 10.4 Å². The Labute approximate surface area is 143 Å². The zero-order chi connectivity index (χ0) is 17.2. The number of carbonyl (C=O) groups is 1. The van der Waals surface area contributed by atoms with Crippen molar-refractivity contribution < 1.29 is 18.0 Å². The molecule has 23 heavy (non-hydrogen) atoms. The third-order valence-corrected chi connectivity index (χ3v) is 3.44. The van der Waals surface area contributed by atoms with Gasteiger partial charge in [0.25, 0.3) is 5.91 Å². The minimum atomic E-state index is -4.57. The summed E-state index contributed by atoms with van der Waals surface area (Å²) in [5.41, 5.74) is 3.76. The Morgan fingerprint density at radius 1 is 1.09 bits per heavy atom. The van der Waals surface area contributed by atoms with E-state index in [1.807, 2.05) is 0 Å². The molecule has 0 saturated carbocycles.